The molecule has 4 aromatic rings. The molecular weight excluding hydrogens is 376 g/mol. The van der Waals surface area contributed by atoms with Gasteiger partial charge in [0.1, 0.15) is 24.1 Å². The number of rotatable bonds is 6. The molecule has 1 atom stereocenters. The molecule has 1 unspecified atom stereocenters. The van der Waals surface area contributed by atoms with Crippen molar-refractivity contribution in [2.75, 3.05) is 6.61 Å². The maximum Gasteiger partial charge on any atom is 0.273 e. The second-order valence-corrected chi connectivity index (χ2v) is 6.71. The minimum atomic E-state index is -1.01. The second-order valence-electron chi connectivity index (χ2n) is 6.71. The van der Waals surface area contributed by atoms with Crippen LogP contribution in [0.2, 0.25) is 0 Å². The van der Waals surface area contributed by atoms with Crippen LogP contribution < -0.4 is 10.3 Å². The highest BCUT2D eigenvalue weighted by molar-refractivity contribution is 5.80. The summed E-state index contributed by atoms with van der Waals surface area (Å²) < 4.78 is 8.63. The smallest absolute Gasteiger partial charge is 0.273 e. The molecule has 2 aromatic heterocycles. The number of hydrogen-bond acceptors (Lipinski definition) is 6. The van der Waals surface area contributed by atoms with E-state index in [-0.39, 0.29) is 30.1 Å². The SMILES string of the molecule is Cc1cc2n(CC(O)COc3cccc([N+](=O)[O-])c3)c(=O)c3ccccc3n2n1. The van der Waals surface area contributed by atoms with E-state index in [9.17, 15) is 20.0 Å². The zero-order valence-electron chi connectivity index (χ0n) is 15.6. The van der Waals surface area contributed by atoms with Crippen molar-refractivity contribution in [1.29, 1.82) is 0 Å². The van der Waals surface area contributed by atoms with Crippen LogP contribution >= 0.6 is 0 Å². The molecule has 0 fully saturated rings. The average molecular weight is 394 g/mol. The van der Waals surface area contributed by atoms with Crippen LogP contribution in [0.3, 0.4) is 0 Å². The highest BCUT2D eigenvalue weighted by atomic mass is 16.6. The molecule has 0 bridgehead atoms. The van der Waals surface area contributed by atoms with E-state index in [1.165, 1.54) is 22.8 Å². The monoisotopic (exact) mass is 394 g/mol. The van der Waals surface area contributed by atoms with Gasteiger partial charge in [-0.15, -0.1) is 0 Å². The molecule has 4 rings (SSSR count). The molecule has 1 N–H and O–H groups in total. The lowest BCUT2D eigenvalue weighted by Gasteiger charge is -2.16. The van der Waals surface area contributed by atoms with E-state index in [0.717, 1.165) is 5.69 Å². The highest BCUT2D eigenvalue weighted by Gasteiger charge is 2.16. The fourth-order valence-electron chi connectivity index (χ4n) is 3.26. The minimum absolute atomic E-state index is 0.00672. The number of para-hydroxylation sites is 1. The van der Waals surface area contributed by atoms with Crippen LogP contribution in [0.5, 0.6) is 5.75 Å². The van der Waals surface area contributed by atoms with Gasteiger partial charge >= 0.3 is 0 Å². The number of aryl methyl sites for hydroxylation is 1. The molecule has 9 nitrogen and oxygen atoms in total. The lowest BCUT2D eigenvalue weighted by molar-refractivity contribution is -0.384. The standard InChI is InChI=1S/C20H18N4O5/c1-13-9-19-22(20(26)17-7-2-3-8-18(17)23(19)21-13)11-15(25)12-29-16-6-4-5-14(10-16)24(27)28/h2-10,15,25H,11-12H2,1H3. The normalized spacial score (nSPS) is 12.3. The van der Waals surface area contributed by atoms with Crippen LogP contribution in [-0.2, 0) is 6.54 Å². The van der Waals surface area contributed by atoms with E-state index in [1.807, 2.05) is 19.1 Å². The van der Waals surface area contributed by atoms with E-state index >= 15 is 0 Å². The summed E-state index contributed by atoms with van der Waals surface area (Å²) in [5, 5.41) is 26.3. The maximum atomic E-state index is 13.0. The van der Waals surface area contributed by atoms with Crippen LogP contribution in [0.1, 0.15) is 5.69 Å². The molecule has 2 aromatic carbocycles. The van der Waals surface area contributed by atoms with E-state index in [4.69, 9.17) is 4.74 Å². The van der Waals surface area contributed by atoms with Gasteiger partial charge in [-0.1, -0.05) is 18.2 Å². The third-order valence-corrected chi connectivity index (χ3v) is 4.56. The Bertz CT molecular complexity index is 1280. The van der Waals surface area contributed by atoms with Crippen molar-refractivity contribution in [3.05, 3.63) is 80.8 Å². The highest BCUT2D eigenvalue weighted by Crippen LogP contribution is 2.19. The van der Waals surface area contributed by atoms with Gasteiger partial charge in [0.2, 0.25) is 0 Å². The molecule has 29 heavy (non-hydrogen) atoms. The minimum Gasteiger partial charge on any atom is -0.491 e. The Kier molecular flexibility index (Phi) is 4.73. The van der Waals surface area contributed by atoms with Crippen molar-refractivity contribution in [3.63, 3.8) is 0 Å². The molecule has 0 amide bonds. The third kappa shape index (κ3) is 3.55. The molecule has 0 radical (unpaired) electrons. The van der Waals surface area contributed by atoms with Crippen LogP contribution in [0.15, 0.2) is 59.4 Å². The Labute approximate surface area is 164 Å². The van der Waals surface area contributed by atoms with Crippen LogP contribution in [0.4, 0.5) is 5.69 Å². The van der Waals surface area contributed by atoms with Crippen molar-refractivity contribution < 1.29 is 14.8 Å². The number of non-ortho nitro benzene ring substituents is 1. The van der Waals surface area contributed by atoms with E-state index in [2.05, 4.69) is 5.10 Å². The van der Waals surface area contributed by atoms with Crippen LogP contribution in [0.25, 0.3) is 16.6 Å². The predicted molar refractivity (Wildman–Crippen MR) is 106 cm³/mol. The van der Waals surface area contributed by atoms with Gasteiger partial charge in [-0.3, -0.25) is 19.5 Å². The molecular formula is C20H18N4O5. The van der Waals surface area contributed by atoms with Gasteiger partial charge in [-0.05, 0) is 25.1 Å². The molecule has 0 spiro atoms. The lowest BCUT2D eigenvalue weighted by Crippen LogP contribution is -2.31. The van der Waals surface area contributed by atoms with Gasteiger partial charge in [-0.2, -0.15) is 5.10 Å². The van der Waals surface area contributed by atoms with E-state index in [0.29, 0.717) is 16.6 Å². The van der Waals surface area contributed by atoms with Gasteiger partial charge in [-0.25, -0.2) is 4.52 Å². The number of fused-ring (bicyclic) bond motifs is 3. The quantitative estimate of drug-likeness (QED) is 0.397. The molecule has 0 saturated carbocycles. The molecule has 2 heterocycles. The zero-order valence-corrected chi connectivity index (χ0v) is 15.6. The summed E-state index contributed by atoms with van der Waals surface area (Å²) in [7, 11) is 0. The fourth-order valence-corrected chi connectivity index (χ4v) is 3.26. The molecule has 0 aliphatic rings. The van der Waals surface area contributed by atoms with Crippen molar-refractivity contribution in [1.82, 2.24) is 14.2 Å². The Morgan fingerprint density at radius 1 is 1.21 bits per heavy atom. The summed E-state index contributed by atoms with van der Waals surface area (Å²) in [5.74, 6) is 0.273. The number of nitrogens with zero attached hydrogens (tertiary/aromatic N) is 4. The van der Waals surface area contributed by atoms with Gasteiger partial charge in [0.25, 0.3) is 11.2 Å². The third-order valence-electron chi connectivity index (χ3n) is 4.56. The molecule has 0 saturated heterocycles. The summed E-state index contributed by atoms with van der Waals surface area (Å²) >= 11 is 0. The topological polar surface area (TPSA) is 112 Å². The van der Waals surface area contributed by atoms with Gasteiger partial charge in [0, 0.05) is 12.1 Å². The first kappa shape index (κ1) is 18.6. The first-order valence-electron chi connectivity index (χ1n) is 8.97. The zero-order chi connectivity index (χ0) is 20.5. The Morgan fingerprint density at radius 2 is 2.00 bits per heavy atom. The Morgan fingerprint density at radius 3 is 2.79 bits per heavy atom. The number of hydrogen-bond donors (Lipinski definition) is 1. The summed E-state index contributed by atoms with van der Waals surface area (Å²) in [6.45, 7) is 1.70. The number of nitro benzene ring substituents is 1. The van der Waals surface area contributed by atoms with Crippen LogP contribution in [-0.4, -0.2) is 36.9 Å². The summed E-state index contributed by atoms with van der Waals surface area (Å²) in [6.07, 6.45) is -1.01. The maximum absolute atomic E-state index is 13.0. The van der Waals surface area contributed by atoms with Crippen LogP contribution in [0, 0.1) is 17.0 Å². The summed E-state index contributed by atoms with van der Waals surface area (Å²) in [5.41, 5.74) is 1.68. The van der Waals surface area contributed by atoms with Crippen molar-refractivity contribution in [2.24, 2.45) is 0 Å². The van der Waals surface area contributed by atoms with Gasteiger partial charge in [0.15, 0.2) is 0 Å². The van der Waals surface area contributed by atoms with Crippen molar-refractivity contribution >= 4 is 22.2 Å². The average Bonchev–Trinajstić information content (AvgIpc) is 3.11. The van der Waals surface area contributed by atoms with Crippen molar-refractivity contribution in [2.45, 2.75) is 19.6 Å². The number of benzene rings is 2. The predicted octanol–water partition coefficient (Wildman–Crippen LogP) is 2.31. The second kappa shape index (κ2) is 7.36. The summed E-state index contributed by atoms with van der Waals surface area (Å²) in [6, 6.07) is 14.7. The van der Waals surface area contributed by atoms with E-state index in [1.54, 1.807) is 28.8 Å². The lowest BCUT2D eigenvalue weighted by atomic mass is 10.2. The van der Waals surface area contributed by atoms with E-state index < -0.39 is 11.0 Å². The first-order valence-corrected chi connectivity index (χ1v) is 8.97. The molecule has 0 aliphatic carbocycles. The molecule has 0 aliphatic heterocycles. The number of nitro groups is 1. The molecule has 148 valence electrons. The van der Waals surface area contributed by atoms with Crippen molar-refractivity contribution in [3.8, 4) is 5.75 Å². The van der Waals surface area contributed by atoms with Gasteiger partial charge in [0.05, 0.1) is 34.1 Å². The number of ether oxygens (including phenoxy) is 1. The van der Waals surface area contributed by atoms with Gasteiger partial charge < -0.3 is 9.84 Å². The Balaban J connectivity index is 1.61. The fraction of sp³-hybridized carbons (Fsp3) is 0.200. The summed E-state index contributed by atoms with van der Waals surface area (Å²) in [4.78, 5) is 23.3. The number of aromatic nitrogens is 3. The largest absolute Gasteiger partial charge is 0.491 e. The Hall–Kier alpha value is -3.72. The number of aliphatic hydroxyl groups excluding tert-OH is 1. The molecule has 9 heteroatoms. The number of aliphatic hydroxyl groups is 1. The first-order chi connectivity index (χ1) is 13.9.